The van der Waals surface area contributed by atoms with Crippen LogP contribution in [0, 0.1) is 33.3 Å². The van der Waals surface area contributed by atoms with E-state index in [1.54, 1.807) is 13.8 Å². The van der Waals surface area contributed by atoms with Crippen LogP contribution in [0.5, 0.6) is 0 Å². The van der Waals surface area contributed by atoms with Crippen LogP contribution in [0.25, 0.3) is 49.2 Å². The molecule has 0 spiro atoms. The normalized spacial score (nSPS) is 13.5. The van der Waals surface area contributed by atoms with Crippen molar-refractivity contribution in [2.75, 3.05) is 0 Å². The monoisotopic (exact) mass is 463 g/mol. The van der Waals surface area contributed by atoms with Gasteiger partial charge >= 0.3 is 0 Å². The number of aromatic nitrogens is 1. The van der Waals surface area contributed by atoms with E-state index in [4.69, 9.17) is 16.5 Å². The number of hydrogen-bond acceptors (Lipinski definition) is 1. The number of fused-ring (bicyclic) bond motifs is 3. The summed E-state index contributed by atoms with van der Waals surface area (Å²) in [6.07, 6.45) is -1.76. The van der Waals surface area contributed by atoms with E-state index in [0.717, 1.165) is 33.0 Å². The van der Waals surface area contributed by atoms with Crippen molar-refractivity contribution in [1.29, 1.82) is 0 Å². The number of rotatable bonds is 4. The molecule has 0 radical (unpaired) electrons. The molecule has 5 rings (SSSR count). The van der Waals surface area contributed by atoms with Gasteiger partial charge in [-0.25, -0.2) is 4.85 Å². The molecule has 0 amide bonds. The molecule has 0 aliphatic rings. The van der Waals surface area contributed by atoms with Crippen molar-refractivity contribution in [2.45, 2.75) is 41.0 Å². The highest BCUT2D eigenvalue weighted by Crippen LogP contribution is 2.44. The van der Waals surface area contributed by atoms with Crippen LogP contribution in [0.3, 0.4) is 0 Å². The van der Waals surface area contributed by atoms with Gasteiger partial charge < -0.3 is 4.42 Å². The minimum Gasteiger partial charge on any atom is -0.456 e. The number of pyridine rings is 1. The molecule has 3 nitrogen and oxygen atoms in total. The molecule has 0 aliphatic heterocycles. The Hall–Kier alpha value is -3.90. The van der Waals surface area contributed by atoms with Crippen molar-refractivity contribution < 1.29 is 14.5 Å². The fourth-order valence-electron chi connectivity index (χ4n) is 4.67. The van der Waals surface area contributed by atoms with Crippen LogP contribution in [-0.2, 0) is 13.4 Å². The van der Waals surface area contributed by atoms with Crippen LogP contribution in [0.1, 0.15) is 41.7 Å². The standard InChI is InChI=1S/C32H31N2O/c1-19(2)18-24-13-17-28(34(7)22(24)5)29-21(4)10-14-25-26-15-16-27(33-6)30(32(26)35-31(25)29)23-11-8-20(3)9-12-23/h8-17,19H,18H2,1-5,7H3/q+1/i13D,17D,18D2. The molecule has 3 aromatic carbocycles. The van der Waals surface area contributed by atoms with Gasteiger partial charge in [0.05, 0.1) is 14.9 Å². The van der Waals surface area contributed by atoms with Crippen LogP contribution < -0.4 is 4.57 Å². The van der Waals surface area contributed by atoms with Gasteiger partial charge in [-0.3, -0.25) is 0 Å². The highest BCUT2D eigenvalue weighted by molar-refractivity contribution is 6.15. The van der Waals surface area contributed by atoms with Gasteiger partial charge in [-0.05, 0) is 43.3 Å². The largest absolute Gasteiger partial charge is 0.456 e. The van der Waals surface area contributed by atoms with Gasteiger partial charge in [0.15, 0.2) is 11.4 Å². The van der Waals surface area contributed by atoms with Gasteiger partial charge in [0, 0.05) is 37.6 Å². The molecule has 35 heavy (non-hydrogen) atoms. The van der Waals surface area contributed by atoms with E-state index >= 15 is 0 Å². The first-order chi connectivity index (χ1) is 18.4. The number of benzene rings is 3. The second-order valence-corrected chi connectivity index (χ2v) is 9.47. The zero-order valence-corrected chi connectivity index (χ0v) is 21.0. The van der Waals surface area contributed by atoms with Gasteiger partial charge in [0.2, 0.25) is 5.69 Å². The average Bonchev–Trinajstić information content (AvgIpc) is 3.27. The fourth-order valence-corrected chi connectivity index (χ4v) is 4.67. The quantitative estimate of drug-likeness (QED) is 0.194. The molecule has 3 heteroatoms. The first-order valence-corrected chi connectivity index (χ1v) is 11.8. The summed E-state index contributed by atoms with van der Waals surface area (Å²) in [4.78, 5) is 3.78. The lowest BCUT2D eigenvalue weighted by Gasteiger charge is -2.11. The Kier molecular flexibility index (Phi) is 4.59. The van der Waals surface area contributed by atoms with E-state index in [1.165, 1.54) is 0 Å². The summed E-state index contributed by atoms with van der Waals surface area (Å²) >= 11 is 0. The third-order valence-corrected chi connectivity index (χ3v) is 6.63. The molecule has 0 fully saturated rings. The topological polar surface area (TPSA) is 21.4 Å². The lowest BCUT2D eigenvalue weighted by Crippen LogP contribution is -2.36. The third-order valence-electron chi connectivity index (χ3n) is 6.63. The minimum atomic E-state index is -1.76. The highest BCUT2D eigenvalue weighted by Gasteiger charge is 2.24. The summed E-state index contributed by atoms with van der Waals surface area (Å²) in [6, 6.07) is 15.6. The van der Waals surface area contributed by atoms with E-state index in [1.807, 2.05) is 80.9 Å². The molecular formula is C32H31N2O+. The number of nitrogens with zero attached hydrogens (tertiary/aromatic N) is 2. The highest BCUT2D eigenvalue weighted by atomic mass is 16.3. The van der Waals surface area contributed by atoms with E-state index in [9.17, 15) is 0 Å². The van der Waals surface area contributed by atoms with Crippen LogP contribution in [0.4, 0.5) is 5.69 Å². The Morgan fingerprint density at radius 2 is 1.60 bits per heavy atom. The molecule has 0 bridgehead atoms. The van der Waals surface area contributed by atoms with E-state index in [0.29, 0.717) is 33.8 Å². The molecule has 0 saturated carbocycles. The van der Waals surface area contributed by atoms with Crippen molar-refractivity contribution >= 4 is 27.6 Å². The van der Waals surface area contributed by atoms with Crippen molar-refractivity contribution in [2.24, 2.45) is 13.0 Å². The van der Waals surface area contributed by atoms with Crippen LogP contribution in [-0.4, -0.2) is 0 Å². The molecule has 0 atom stereocenters. The minimum absolute atomic E-state index is 0.0423. The second-order valence-electron chi connectivity index (χ2n) is 9.47. The zero-order valence-electron chi connectivity index (χ0n) is 25.0. The van der Waals surface area contributed by atoms with Gasteiger partial charge in [0.25, 0.3) is 0 Å². The van der Waals surface area contributed by atoms with Gasteiger partial charge in [-0.15, -0.1) is 0 Å². The summed E-state index contributed by atoms with van der Waals surface area (Å²) in [7, 11) is 1.82. The first kappa shape index (κ1) is 18.4. The Balaban J connectivity index is 1.89. The second kappa shape index (κ2) is 8.71. The predicted molar refractivity (Wildman–Crippen MR) is 145 cm³/mol. The fraction of sp³-hybridized carbons (Fsp3) is 0.250. The van der Waals surface area contributed by atoms with Crippen molar-refractivity contribution in [1.82, 2.24) is 0 Å². The summed E-state index contributed by atoms with van der Waals surface area (Å²) in [6.45, 7) is 17.2. The molecule has 0 aliphatic carbocycles. The lowest BCUT2D eigenvalue weighted by atomic mass is 9.96. The molecule has 0 N–H and O–H groups in total. The maximum Gasteiger partial charge on any atom is 0.216 e. The molecule has 2 aromatic heterocycles. The summed E-state index contributed by atoms with van der Waals surface area (Å²) in [5.74, 6) is -0.358. The number of furan rings is 1. The molecule has 0 unspecified atom stereocenters. The maximum atomic E-state index is 9.04. The Morgan fingerprint density at radius 1 is 0.943 bits per heavy atom. The maximum absolute atomic E-state index is 9.04. The van der Waals surface area contributed by atoms with Gasteiger partial charge in [0.1, 0.15) is 18.2 Å². The summed E-state index contributed by atoms with van der Waals surface area (Å²) in [5, 5.41) is 1.74. The lowest BCUT2D eigenvalue weighted by molar-refractivity contribution is -0.667. The summed E-state index contributed by atoms with van der Waals surface area (Å²) < 4.78 is 43.7. The Bertz CT molecular complexity index is 1800. The average molecular weight is 464 g/mol. The van der Waals surface area contributed by atoms with Crippen molar-refractivity contribution in [3.05, 3.63) is 94.4 Å². The van der Waals surface area contributed by atoms with Crippen LogP contribution in [0.2, 0.25) is 0 Å². The van der Waals surface area contributed by atoms with E-state index in [-0.39, 0.29) is 23.6 Å². The molecule has 5 aromatic rings. The number of aryl methyl sites for hydroxylation is 2. The zero-order chi connectivity index (χ0) is 28.4. The van der Waals surface area contributed by atoms with Crippen LogP contribution >= 0.6 is 0 Å². The number of hydrogen-bond donors (Lipinski definition) is 0. The van der Waals surface area contributed by atoms with Gasteiger partial charge in [-0.1, -0.05) is 67.9 Å². The van der Waals surface area contributed by atoms with Crippen molar-refractivity contribution in [3.8, 4) is 22.4 Å². The third kappa shape index (κ3) is 3.80. The Labute approximate surface area is 213 Å². The van der Waals surface area contributed by atoms with Crippen LogP contribution in [0.15, 0.2) is 65.0 Å². The molecular weight excluding hydrogens is 428 g/mol. The molecule has 174 valence electrons. The van der Waals surface area contributed by atoms with E-state index < -0.39 is 6.37 Å². The molecule has 2 heterocycles. The SMILES string of the molecule is [2H]c1c([2H])c(-c2c(C)ccc3c2oc2c(-c4ccc(C)cc4)c([N+]#[C-])ccc23)[n+](C)c(C)c1C([2H])([2H])C(C)C. The van der Waals surface area contributed by atoms with Crippen molar-refractivity contribution in [3.63, 3.8) is 0 Å². The van der Waals surface area contributed by atoms with Gasteiger partial charge in [-0.2, -0.15) is 4.57 Å². The smallest absolute Gasteiger partial charge is 0.216 e. The summed E-state index contributed by atoms with van der Waals surface area (Å²) in [5.41, 5.74) is 7.38. The Morgan fingerprint density at radius 3 is 2.26 bits per heavy atom. The molecule has 0 saturated heterocycles. The van der Waals surface area contributed by atoms with E-state index in [2.05, 4.69) is 4.85 Å². The predicted octanol–water partition coefficient (Wildman–Crippen LogP) is 8.42. The first-order valence-electron chi connectivity index (χ1n) is 13.8.